The molecule has 0 aliphatic carbocycles. The Bertz CT molecular complexity index is 523. The van der Waals surface area contributed by atoms with Gasteiger partial charge in [-0.1, -0.05) is 29.8 Å². The Kier molecular flexibility index (Phi) is 5.41. The molecule has 0 spiro atoms. The fourth-order valence-electron chi connectivity index (χ4n) is 2.27. The first-order valence-electron chi connectivity index (χ1n) is 6.85. The Hall–Kier alpha value is -1.79. The van der Waals surface area contributed by atoms with Crippen molar-refractivity contribution < 1.29 is 9.59 Å². The van der Waals surface area contributed by atoms with Gasteiger partial charge in [-0.15, -0.1) is 0 Å². The highest BCUT2D eigenvalue weighted by Gasteiger charge is 2.26. The number of halogens is 1. The minimum absolute atomic E-state index is 0.0212. The standard InChI is InChI=1S/C14H19ClN4O2/c15-12-4-2-1-3-10(12)8-17-14(21)19-6-5-11(9-19)18-13(20)7-16/h1-4,11H,5-9,16H2,(H,17,21)(H,18,20). The normalized spacial score (nSPS) is 17.6. The van der Waals surface area contributed by atoms with E-state index in [1.165, 1.54) is 0 Å². The summed E-state index contributed by atoms with van der Waals surface area (Å²) in [5.41, 5.74) is 6.13. The van der Waals surface area contributed by atoms with Crippen molar-refractivity contribution in [2.24, 2.45) is 5.73 Å². The maximum Gasteiger partial charge on any atom is 0.317 e. The van der Waals surface area contributed by atoms with E-state index in [-0.39, 0.29) is 24.5 Å². The van der Waals surface area contributed by atoms with E-state index in [9.17, 15) is 9.59 Å². The second kappa shape index (κ2) is 7.28. The van der Waals surface area contributed by atoms with Crippen LogP contribution >= 0.6 is 11.6 Å². The second-order valence-corrected chi connectivity index (χ2v) is 5.36. The van der Waals surface area contributed by atoms with Crippen LogP contribution in [0.25, 0.3) is 0 Å². The van der Waals surface area contributed by atoms with E-state index < -0.39 is 0 Å². The summed E-state index contributed by atoms with van der Waals surface area (Å²) in [4.78, 5) is 25.0. The van der Waals surface area contributed by atoms with Crippen molar-refractivity contribution in [1.29, 1.82) is 0 Å². The number of rotatable bonds is 4. The van der Waals surface area contributed by atoms with Crippen LogP contribution in [0.4, 0.5) is 4.79 Å². The zero-order valence-corrected chi connectivity index (χ0v) is 12.4. The predicted molar refractivity (Wildman–Crippen MR) is 80.9 cm³/mol. The number of benzene rings is 1. The molecule has 0 aromatic heterocycles. The summed E-state index contributed by atoms with van der Waals surface area (Å²) in [7, 11) is 0. The lowest BCUT2D eigenvalue weighted by atomic mass is 10.2. The molecule has 7 heteroatoms. The van der Waals surface area contributed by atoms with Crippen molar-refractivity contribution in [3.8, 4) is 0 Å². The molecule has 1 aliphatic rings. The molecule has 1 aliphatic heterocycles. The van der Waals surface area contributed by atoms with Crippen LogP contribution in [0.5, 0.6) is 0 Å². The van der Waals surface area contributed by atoms with Gasteiger partial charge < -0.3 is 21.3 Å². The van der Waals surface area contributed by atoms with E-state index in [1.807, 2.05) is 18.2 Å². The van der Waals surface area contributed by atoms with Gasteiger partial charge in [-0.3, -0.25) is 4.79 Å². The number of carbonyl (C=O) groups excluding carboxylic acids is 2. The quantitative estimate of drug-likeness (QED) is 0.765. The van der Waals surface area contributed by atoms with E-state index >= 15 is 0 Å². The number of urea groups is 1. The van der Waals surface area contributed by atoms with Crippen LogP contribution in [-0.4, -0.2) is 42.5 Å². The molecule has 1 aromatic rings. The van der Waals surface area contributed by atoms with Crippen LogP contribution in [0.1, 0.15) is 12.0 Å². The van der Waals surface area contributed by atoms with Gasteiger partial charge in [0.2, 0.25) is 5.91 Å². The minimum Gasteiger partial charge on any atom is -0.350 e. The highest BCUT2D eigenvalue weighted by atomic mass is 35.5. The highest BCUT2D eigenvalue weighted by Crippen LogP contribution is 2.15. The molecule has 4 N–H and O–H groups in total. The van der Waals surface area contributed by atoms with Gasteiger partial charge in [-0.05, 0) is 18.1 Å². The molecular formula is C14H19ClN4O2. The summed E-state index contributed by atoms with van der Waals surface area (Å²) in [6.45, 7) is 1.47. The number of nitrogens with two attached hydrogens (primary N) is 1. The fraction of sp³-hybridized carbons (Fsp3) is 0.429. The molecule has 0 radical (unpaired) electrons. The van der Waals surface area contributed by atoms with E-state index in [4.69, 9.17) is 17.3 Å². The van der Waals surface area contributed by atoms with E-state index in [1.54, 1.807) is 11.0 Å². The average molecular weight is 311 g/mol. The van der Waals surface area contributed by atoms with Crippen LogP contribution in [0.15, 0.2) is 24.3 Å². The van der Waals surface area contributed by atoms with Gasteiger partial charge in [0.15, 0.2) is 0 Å². The van der Waals surface area contributed by atoms with Crippen LogP contribution in [-0.2, 0) is 11.3 Å². The van der Waals surface area contributed by atoms with Gasteiger partial charge in [0, 0.05) is 30.7 Å². The smallest absolute Gasteiger partial charge is 0.317 e. The Morgan fingerprint density at radius 3 is 2.86 bits per heavy atom. The van der Waals surface area contributed by atoms with E-state index in [0.29, 0.717) is 24.7 Å². The monoisotopic (exact) mass is 310 g/mol. The summed E-state index contributed by atoms with van der Waals surface area (Å²) in [5.74, 6) is -0.196. The maximum absolute atomic E-state index is 12.1. The molecule has 1 unspecified atom stereocenters. The first-order chi connectivity index (χ1) is 10.1. The maximum atomic E-state index is 12.1. The number of likely N-dealkylation sites (tertiary alicyclic amines) is 1. The number of nitrogens with one attached hydrogen (secondary N) is 2. The van der Waals surface area contributed by atoms with Crippen molar-refractivity contribution in [1.82, 2.24) is 15.5 Å². The van der Waals surface area contributed by atoms with Gasteiger partial charge in [-0.25, -0.2) is 4.79 Å². The van der Waals surface area contributed by atoms with Crippen LogP contribution in [0.2, 0.25) is 5.02 Å². The third kappa shape index (κ3) is 4.34. The molecule has 21 heavy (non-hydrogen) atoms. The first kappa shape index (κ1) is 15.6. The number of hydrogen-bond acceptors (Lipinski definition) is 3. The summed E-state index contributed by atoms with van der Waals surface area (Å²) < 4.78 is 0. The molecule has 1 saturated heterocycles. The summed E-state index contributed by atoms with van der Waals surface area (Å²) in [6.07, 6.45) is 0.741. The van der Waals surface area contributed by atoms with Crippen LogP contribution in [0.3, 0.4) is 0 Å². The third-order valence-electron chi connectivity index (χ3n) is 3.41. The Morgan fingerprint density at radius 1 is 1.38 bits per heavy atom. The fourth-order valence-corrected chi connectivity index (χ4v) is 2.48. The average Bonchev–Trinajstić information content (AvgIpc) is 2.94. The molecule has 0 saturated carbocycles. The number of amides is 3. The highest BCUT2D eigenvalue weighted by molar-refractivity contribution is 6.31. The minimum atomic E-state index is -0.196. The number of hydrogen-bond donors (Lipinski definition) is 3. The van der Waals surface area contributed by atoms with Gasteiger partial charge in [0.05, 0.1) is 6.54 Å². The SMILES string of the molecule is NCC(=O)NC1CCN(C(=O)NCc2ccccc2Cl)C1. The van der Waals surface area contributed by atoms with E-state index in [0.717, 1.165) is 12.0 Å². The molecular weight excluding hydrogens is 292 g/mol. The molecule has 1 aromatic carbocycles. The van der Waals surface area contributed by atoms with Gasteiger partial charge in [0.1, 0.15) is 0 Å². The Labute approximate surface area is 128 Å². The summed E-state index contributed by atoms with van der Waals surface area (Å²) >= 11 is 6.04. The molecule has 1 fully saturated rings. The third-order valence-corrected chi connectivity index (χ3v) is 3.78. The molecule has 1 atom stereocenters. The van der Waals surface area contributed by atoms with Crippen LogP contribution in [0, 0.1) is 0 Å². The second-order valence-electron chi connectivity index (χ2n) is 4.95. The summed E-state index contributed by atoms with van der Waals surface area (Å²) in [6, 6.07) is 7.21. The van der Waals surface area contributed by atoms with Crippen molar-refractivity contribution >= 4 is 23.5 Å². The zero-order valence-electron chi connectivity index (χ0n) is 11.6. The van der Waals surface area contributed by atoms with Crippen molar-refractivity contribution in [3.63, 3.8) is 0 Å². The molecule has 1 heterocycles. The first-order valence-corrected chi connectivity index (χ1v) is 7.23. The van der Waals surface area contributed by atoms with Crippen molar-refractivity contribution in [2.75, 3.05) is 19.6 Å². The molecule has 6 nitrogen and oxygen atoms in total. The lowest BCUT2D eigenvalue weighted by Gasteiger charge is -2.18. The molecule has 3 amide bonds. The number of nitrogens with zero attached hydrogens (tertiary/aromatic N) is 1. The van der Waals surface area contributed by atoms with Gasteiger partial charge >= 0.3 is 6.03 Å². The predicted octanol–water partition coefficient (Wildman–Crippen LogP) is 0.699. The van der Waals surface area contributed by atoms with Gasteiger partial charge in [0.25, 0.3) is 0 Å². The van der Waals surface area contributed by atoms with Crippen molar-refractivity contribution in [2.45, 2.75) is 19.0 Å². The molecule has 0 bridgehead atoms. The topological polar surface area (TPSA) is 87.5 Å². The Balaban J connectivity index is 1.80. The summed E-state index contributed by atoms with van der Waals surface area (Å²) in [5, 5.41) is 6.26. The van der Waals surface area contributed by atoms with E-state index in [2.05, 4.69) is 10.6 Å². The lowest BCUT2D eigenvalue weighted by Crippen LogP contribution is -2.43. The number of carbonyl (C=O) groups is 2. The van der Waals surface area contributed by atoms with Gasteiger partial charge in [-0.2, -0.15) is 0 Å². The Morgan fingerprint density at radius 2 is 2.14 bits per heavy atom. The molecule has 2 rings (SSSR count). The van der Waals surface area contributed by atoms with Crippen LogP contribution < -0.4 is 16.4 Å². The molecule has 114 valence electrons. The van der Waals surface area contributed by atoms with Crippen molar-refractivity contribution in [3.05, 3.63) is 34.9 Å². The lowest BCUT2D eigenvalue weighted by molar-refractivity contribution is -0.120. The largest absolute Gasteiger partial charge is 0.350 e. The zero-order chi connectivity index (χ0) is 15.2.